The molecule has 0 aliphatic rings. The molecule has 0 aliphatic carbocycles. The summed E-state index contributed by atoms with van der Waals surface area (Å²) in [7, 11) is 0. The second-order valence-electron chi connectivity index (χ2n) is 24.2. The molecule has 6 nitrogen and oxygen atoms in total. The van der Waals surface area contributed by atoms with Gasteiger partial charge >= 0.3 is 17.9 Å². The summed E-state index contributed by atoms with van der Waals surface area (Å²) in [6.45, 7) is 6.67. The van der Waals surface area contributed by atoms with Gasteiger partial charge in [0.1, 0.15) is 13.2 Å². The Kier molecular flexibility index (Phi) is 65.6. The van der Waals surface area contributed by atoms with Crippen molar-refractivity contribution in [2.45, 2.75) is 406 Å². The highest BCUT2D eigenvalue weighted by Gasteiger charge is 2.19. The van der Waals surface area contributed by atoms with Gasteiger partial charge in [-0.15, -0.1) is 0 Å². The zero-order valence-corrected chi connectivity index (χ0v) is 53.0. The predicted octanol–water partition coefficient (Wildman–Crippen LogP) is 24.2. The van der Waals surface area contributed by atoms with E-state index in [0.29, 0.717) is 19.3 Å². The van der Waals surface area contributed by atoms with Crippen LogP contribution in [0, 0.1) is 0 Å². The molecule has 1 unspecified atom stereocenters. The van der Waals surface area contributed by atoms with Crippen molar-refractivity contribution < 1.29 is 28.6 Å². The van der Waals surface area contributed by atoms with Crippen molar-refractivity contribution >= 4 is 17.9 Å². The maximum atomic E-state index is 12.9. The third kappa shape index (κ3) is 64.7. The lowest BCUT2D eigenvalue weighted by Crippen LogP contribution is -2.30. The van der Waals surface area contributed by atoms with E-state index in [9.17, 15) is 14.4 Å². The van der Waals surface area contributed by atoms with Crippen LogP contribution in [0.1, 0.15) is 400 Å². The first-order chi connectivity index (χ1) is 38.5. The average molecular weight is 1100 g/mol. The van der Waals surface area contributed by atoms with Gasteiger partial charge in [0.2, 0.25) is 0 Å². The molecule has 1 atom stereocenters. The normalized spacial score (nSPS) is 12.1. The van der Waals surface area contributed by atoms with Gasteiger partial charge in [-0.3, -0.25) is 14.4 Å². The predicted molar refractivity (Wildman–Crippen MR) is 340 cm³/mol. The van der Waals surface area contributed by atoms with E-state index < -0.39 is 6.10 Å². The van der Waals surface area contributed by atoms with Crippen LogP contribution in [-0.2, 0) is 28.6 Å². The number of hydrogen-bond acceptors (Lipinski definition) is 6. The summed E-state index contributed by atoms with van der Waals surface area (Å²) in [5.74, 6) is -0.849. The molecule has 0 spiro atoms. The smallest absolute Gasteiger partial charge is 0.306 e. The second-order valence-corrected chi connectivity index (χ2v) is 24.2. The molecule has 0 saturated heterocycles. The molecule has 0 fully saturated rings. The quantitative estimate of drug-likeness (QED) is 0.0261. The van der Waals surface area contributed by atoms with Gasteiger partial charge in [-0.05, 0) is 51.4 Å². The highest BCUT2D eigenvalue weighted by atomic mass is 16.6. The van der Waals surface area contributed by atoms with Gasteiger partial charge < -0.3 is 14.2 Å². The van der Waals surface area contributed by atoms with E-state index in [-0.39, 0.29) is 31.1 Å². The first-order valence-corrected chi connectivity index (χ1v) is 35.3. The summed E-state index contributed by atoms with van der Waals surface area (Å²) in [6, 6.07) is 0. The van der Waals surface area contributed by atoms with Gasteiger partial charge in [0.05, 0.1) is 0 Å². The van der Waals surface area contributed by atoms with Crippen molar-refractivity contribution in [2.24, 2.45) is 0 Å². The van der Waals surface area contributed by atoms with Crippen molar-refractivity contribution in [3.05, 3.63) is 24.3 Å². The minimum absolute atomic E-state index is 0.0673. The maximum absolute atomic E-state index is 12.9. The summed E-state index contributed by atoms with van der Waals surface area (Å²) >= 11 is 0. The minimum Gasteiger partial charge on any atom is -0.462 e. The molecule has 0 radical (unpaired) electrons. The van der Waals surface area contributed by atoms with Gasteiger partial charge in [0, 0.05) is 19.3 Å². The Hall–Kier alpha value is -2.11. The summed E-state index contributed by atoms with van der Waals surface area (Å²) in [5, 5.41) is 0. The highest BCUT2D eigenvalue weighted by molar-refractivity contribution is 5.71. The van der Waals surface area contributed by atoms with Crippen LogP contribution in [-0.4, -0.2) is 37.2 Å². The van der Waals surface area contributed by atoms with Crippen LogP contribution in [0.2, 0.25) is 0 Å². The van der Waals surface area contributed by atoms with E-state index in [4.69, 9.17) is 14.2 Å². The molecule has 6 heteroatoms. The molecule has 0 aromatic heterocycles. The molecule has 0 aromatic carbocycles. The molecular weight excluding hydrogens is 961 g/mol. The molecular formula is C72H136O6. The van der Waals surface area contributed by atoms with Gasteiger partial charge in [-0.25, -0.2) is 0 Å². The number of hydrogen-bond donors (Lipinski definition) is 0. The zero-order valence-electron chi connectivity index (χ0n) is 53.0. The Morgan fingerprint density at radius 1 is 0.256 bits per heavy atom. The van der Waals surface area contributed by atoms with Crippen molar-refractivity contribution in [3.63, 3.8) is 0 Å². The fourth-order valence-corrected chi connectivity index (χ4v) is 10.9. The van der Waals surface area contributed by atoms with E-state index >= 15 is 0 Å². The van der Waals surface area contributed by atoms with Crippen LogP contribution in [0.4, 0.5) is 0 Å². The maximum Gasteiger partial charge on any atom is 0.306 e. The van der Waals surface area contributed by atoms with Crippen LogP contribution in [0.3, 0.4) is 0 Å². The van der Waals surface area contributed by atoms with E-state index in [1.165, 1.54) is 295 Å². The first kappa shape index (κ1) is 75.9. The Morgan fingerprint density at radius 2 is 0.462 bits per heavy atom. The molecule has 0 amide bonds. The number of ether oxygens (including phenoxy) is 3. The second kappa shape index (κ2) is 67.4. The molecule has 0 bridgehead atoms. The van der Waals surface area contributed by atoms with Crippen LogP contribution in [0.5, 0.6) is 0 Å². The Labute approximate surface area is 487 Å². The number of esters is 3. The minimum atomic E-state index is -0.769. The Morgan fingerprint density at radius 3 is 0.705 bits per heavy atom. The fourth-order valence-electron chi connectivity index (χ4n) is 10.9. The lowest BCUT2D eigenvalue weighted by Gasteiger charge is -2.18. The monoisotopic (exact) mass is 1100 g/mol. The van der Waals surface area contributed by atoms with Gasteiger partial charge in [0.25, 0.3) is 0 Å². The lowest BCUT2D eigenvalue weighted by molar-refractivity contribution is -0.167. The topological polar surface area (TPSA) is 78.9 Å². The van der Waals surface area contributed by atoms with E-state index in [2.05, 4.69) is 45.1 Å². The van der Waals surface area contributed by atoms with Crippen LogP contribution in [0.15, 0.2) is 24.3 Å². The summed E-state index contributed by atoms with van der Waals surface area (Å²) in [4.78, 5) is 38.2. The lowest BCUT2D eigenvalue weighted by atomic mass is 10.0. The van der Waals surface area contributed by atoms with Gasteiger partial charge in [0.15, 0.2) is 6.10 Å². The molecule has 0 aliphatic heterocycles. The molecule has 78 heavy (non-hydrogen) atoms. The summed E-state index contributed by atoms with van der Waals surface area (Å²) in [6.07, 6.45) is 82.4. The number of allylic oxidation sites excluding steroid dienone is 4. The van der Waals surface area contributed by atoms with Gasteiger partial charge in [-0.2, -0.15) is 0 Å². The first-order valence-electron chi connectivity index (χ1n) is 35.3. The molecule has 0 heterocycles. The van der Waals surface area contributed by atoms with Gasteiger partial charge in [-0.1, -0.05) is 353 Å². The van der Waals surface area contributed by atoms with Crippen LogP contribution >= 0.6 is 0 Å². The largest absolute Gasteiger partial charge is 0.462 e. The van der Waals surface area contributed by atoms with Crippen LogP contribution < -0.4 is 0 Å². The van der Waals surface area contributed by atoms with E-state index in [1.54, 1.807) is 0 Å². The van der Waals surface area contributed by atoms with Crippen molar-refractivity contribution in [2.75, 3.05) is 13.2 Å². The Bertz CT molecular complexity index is 1260. The average Bonchev–Trinajstić information content (AvgIpc) is 3.44. The van der Waals surface area contributed by atoms with E-state index in [0.717, 1.165) is 64.2 Å². The van der Waals surface area contributed by atoms with Crippen molar-refractivity contribution in [3.8, 4) is 0 Å². The van der Waals surface area contributed by atoms with Crippen molar-refractivity contribution in [1.29, 1.82) is 0 Å². The van der Waals surface area contributed by atoms with E-state index in [1.807, 2.05) is 0 Å². The zero-order chi connectivity index (χ0) is 56.4. The third-order valence-electron chi connectivity index (χ3n) is 16.2. The number of rotatable bonds is 66. The summed E-state index contributed by atoms with van der Waals surface area (Å²) in [5.41, 5.74) is 0. The fraction of sp³-hybridized carbons (Fsp3) is 0.903. The number of unbranched alkanes of at least 4 members (excludes halogenated alkanes) is 51. The highest BCUT2D eigenvalue weighted by Crippen LogP contribution is 2.19. The number of carbonyl (C=O) groups excluding carboxylic acids is 3. The third-order valence-corrected chi connectivity index (χ3v) is 16.2. The standard InChI is InChI=1S/C72H136O6/c1-4-7-10-13-16-19-21-23-25-27-29-31-32-33-34-35-36-37-38-39-40-42-43-45-47-49-51-53-56-59-62-65-71(74)77-68-69(67-76-70(73)64-61-58-55-18-15-12-9-6-3)78-72(75)66-63-60-57-54-52-50-48-46-44-41-30-28-26-24-22-20-17-14-11-8-5-2/h22,24,28,30,69H,4-21,23,25-27,29,31-68H2,1-3H3/b24-22-,30-28-. The van der Waals surface area contributed by atoms with Crippen molar-refractivity contribution in [1.82, 2.24) is 0 Å². The molecule has 0 rings (SSSR count). The number of carbonyl (C=O) groups is 3. The molecule has 0 N–H and O–H groups in total. The molecule has 0 aromatic rings. The van der Waals surface area contributed by atoms with Crippen LogP contribution in [0.25, 0.3) is 0 Å². The summed E-state index contributed by atoms with van der Waals surface area (Å²) < 4.78 is 16.9. The molecule has 0 saturated carbocycles. The SMILES string of the molecule is CCCCCCC/C=C\C/C=C\CCCCCCCCCCCC(=O)OC(COC(=O)CCCCCCCCCC)COC(=O)CCCCCCCCCCCCCCCCCCCCCCCCCCCCCCCCC. The molecule has 460 valence electrons. The Balaban J connectivity index is 4.02.